The Morgan fingerprint density at radius 1 is 1.27 bits per heavy atom. The van der Waals surface area contributed by atoms with E-state index in [0.717, 1.165) is 23.9 Å². The molecule has 1 N–H and O–H groups in total. The number of aromatic nitrogens is 1. The SMILES string of the molecule is CCCc1[nH]c(C(C)=O)c2ccccc12. The first kappa shape index (κ1) is 9.97. The first-order chi connectivity index (χ1) is 7.24. The minimum atomic E-state index is 0.105. The van der Waals surface area contributed by atoms with Crippen molar-refractivity contribution in [2.75, 3.05) is 0 Å². The van der Waals surface area contributed by atoms with Crippen LogP contribution in [0, 0.1) is 0 Å². The number of fused-ring (bicyclic) bond motifs is 1. The molecule has 0 radical (unpaired) electrons. The Kier molecular flexibility index (Phi) is 2.58. The number of Topliss-reactive ketones (excluding diaryl/α,β-unsaturated/α-hetero) is 1. The first-order valence-electron chi connectivity index (χ1n) is 5.34. The fourth-order valence-electron chi connectivity index (χ4n) is 1.97. The Balaban J connectivity index is 2.67. The topological polar surface area (TPSA) is 32.9 Å². The van der Waals surface area contributed by atoms with Gasteiger partial charge in [0, 0.05) is 23.4 Å². The zero-order valence-corrected chi connectivity index (χ0v) is 9.13. The first-order valence-corrected chi connectivity index (χ1v) is 5.34. The Morgan fingerprint density at radius 3 is 2.53 bits per heavy atom. The molecule has 0 amide bonds. The number of nitrogens with one attached hydrogen (secondary N) is 1. The van der Waals surface area contributed by atoms with E-state index < -0.39 is 0 Å². The summed E-state index contributed by atoms with van der Waals surface area (Å²) in [6.45, 7) is 3.75. The lowest BCUT2D eigenvalue weighted by molar-refractivity contribution is 0.101. The zero-order chi connectivity index (χ0) is 10.8. The monoisotopic (exact) mass is 201 g/mol. The molecule has 1 aromatic heterocycles. The third-order valence-corrected chi connectivity index (χ3v) is 2.65. The Bertz CT molecular complexity index is 496. The van der Waals surface area contributed by atoms with Crippen molar-refractivity contribution in [1.29, 1.82) is 0 Å². The minimum Gasteiger partial charge on any atom is -0.355 e. The summed E-state index contributed by atoms with van der Waals surface area (Å²) in [6, 6.07) is 8.06. The van der Waals surface area contributed by atoms with E-state index in [2.05, 4.69) is 18.0 Å². The van der Waals surface area contributed by atoms with Crippen LogP contribution in [0.4, 0.5) is 0 Å². The van der Waals surface area contributed by atoms with Gasteiger partial charge in [-0.1, -0.05) is 37.6 Å². The number of aryl methyl sites for hydroxylation is 1. The Labute approximate surface area is 89.3 Å². The van der Waals surface area contributed by atoms with Crippen LogP contribution < -0.4 is 0 Å². The highest BCUT2D eigenvalue weighted by atomic mass is 16.1. The van der Waals surface area contributed by atoms with Crippen LogP contribution in [-0.2, 0) is 6.42 Å². The molecule has 1 heterocycles. The molecule has 0 aliphatic carbocycles. The fraction of sp³-hybridized carbons (Fsp3) is 0.308. The maximum atomic E-state index is 11.4. The summed E-state index contributed by atoms with van der Waals surface area (Å²) in [5.74, 6) is 0.105. The van der Waals surface area contributed by atoms with E-state index >= 15 is 0 Å². The standard InChI is InChI=1S/C13H15NO/c1-3-6-12-10-7-4-5-8-11(10)13(14-12)9(2)15/h4-5,7-8,14H,3,6H2,1-2H3. The van der Waals surface area contributed by atoms with Gasteiger partial charge in [0.05, 0.1) is 5.69 Å². The summed E-state index contributed by atoms with van der Waals surface area (Å²) in [5, 5.41) is 2.23. The minimum absolute atomic E-state index is 0.105. The maximum Gasteiger partial charge on any atom is 0.176 e. The van der Waals surface area contributed by atoms with Crippen molar-refractivity contribution in [3.8, 4) is 0 Å². The van der Waals surface area contributed by atoms with E-state index in [-0.39, 0.29) is 5.78 Å². The van der Waals surface area contributed by atoms with Gasteiger partial charge in [-0.15, -0.1) is 0 Å². The third-order valence-electron chi connectivity index (χ3n) is 2.65. The second-order valence-electron chi connectivity index (χ2n) is 3.83. The molecule has 78 valence electrons. The number of rotatable bonds is 3. The Hall–Kier alpha value is -1.57. The molecular weight excluding hydrogens is 186 g/mol. The summed E-state index contributed by atoms with van der Waals surface area (Å²) in [5.41, 5.74) is 1.92. The summed E-state index contributed by atoms with van der Waals surface area (Å²) in [6.07, 6.45) is 2.08. The molecule has 2 heteroatoms. The van der Waals surface area contributed by atoms with E-state index in [4.69, 9.17) is 0 Å². The fourth-order valence-corrected chi connectivity index (χ4v) is 1.97. The molecule has 0 bridgehead atoms. The van der Waals surface area contributed by atoms with E-state index in [0.29, 0.717) is 0 Å². The number of hydrogen-bond acceptors (Lipinski definition) is 1. The van der Waals surface area contributed by atoms with Crippen LogP contribution in [0.25, 0.3) is 10.8 Å². The molecule has 0 saturated heterocycles. The van der Waals surface area contributed by atoms with Gasteiger partial charge in [-0.25, -0.2) is 0 Å². The van der Waals surface area contributed by atoms with Crippen LogP contribution in [0.1, 0.15) is 36.5 Å². The van der Waals surface area contributed by atoms with Gasteiger partial charge < -0.3 is 4.98 Å². The maximum absolute atomic E-state index is 11.4. The van der Waals surface area contributed by atoms with Crippen LogP contribution >= 0.6 is 0 Å². The van der Waals surface area contributed by atoms with Crippen molar-refractivity contribution >= 4 is 16.6 Å². The van der Waals surface area contributed by atoms with E-state index in [9.17, 15) is 4.79 Å². The largest absolute Gasteiger partial charge is 0.355 e. The molecule has 2 aromatic rings. The van der Waals surface area contributed by atoms with Crippen molar-refractivity contribution in [1.82, 2.24) is 4.98 Å². The molecule has 0 aliphatic rings. The number of H-pyrrole nitrogens is 1. The lowest BCUT2D eigenvalue weighted by atomic mass is 10.1. The van der Waals surface area contributed by atoms with Gasteiger partial charge in [-0.2, -0.15) is 0 Å². The second-order valence-corrected chi connectivity index (χ2v) is 3.83. The van der Waals surface area contributed by atoms with Crippen LogP contribution in [0.2, 0.25) is 0 Å². The second kappa shape index (κ2) is 3.89. The van der Waals surface area contributed by atoms with Gasteiger partial charge in [-0.05, 0) is 6.42 Å². The smallest absolute Gasteiger partial charge is 0.176 e. The summed E-state index contributed by atoms with van der Waals surface area (Å²) in [4.78, 5) is 14.7. The Morgan fingerprint density at radius 2 is 1.93 bits per heavy atom. The number of benzene rings is 1. The molecule has 0 fully saturated rings. The number of aromatic amines is 1. The summed E-state index contributed by atoms with van der Waals surface area (Å²) in [7, 11) is 0. The van der Waals surface area contributed by atoms with Crippen molar-refractivity contribution in [3.05, 3.63) is 35.7 Å². The van der Waals surface area contributed by atoms with Crippen LogP contribution in [-0.4, -0.2) is 10.8 Å². The van der Waals surface area contributed by atoms with Gasteiger partial charge in [0.2, 0.25) is 0 Å². The predicted molar refractivity (Wildman–Crippen MR) is 62.3 cm³/mol. The predicted octanol–water partition coefficient (Wildman–Crippen LogP) is 3.32. The van der Waals surface area contributed by atoms with Gasteiger partial charge >= 0.3 is 0 Å². The molecule has 1 aromatic carbocycles. The lowest BCUT2D eigenvalue weighted by Gasteiger charge is -1.94. The van der Waals surface area contributed by atoms with Gasteiger partial charge in [0.25, 0.3) is 0 Å². The quantitative estimate of drug-likeness (QED) is 0.759. The van der Waals surface area contributed by atoms with E-state index in [1.165, 1.54) is 11.1 Å². The average molecular weight is 201 g/mol. The highest BCUT2D eigenvalue weighted by Gasteiger charge is 2.11. The van der Waals surface area contributed by atoms with Crippen LogP contribution in [0.5, 0.6) is 0 Å². The van der Waals surface area contributed by atoms with Crippen molar-refractivity contribution in [3.63, 3.8) is 0 Å². The normalized spacial score (nSPS) is 10.8. The molecule has 0 atom stereocenters. The third kappa shape index (κ3) is 1.67. The molecule has 0 aliphatic heterocycles. The van der Waals surface area contributed by atoms with Crippen molar-refractivity contribution in [2.45, 2.75) is 26.7 Å². The number of carbonyl (C=O) groups excluding carboxylic acids is 1. The zero-order valence-electron chi connectivity index (χ0n) is 9.13. The molecule has 0 unspecified atom stereocenters. The van der Waals surface area contributed by atoms with E-state index in [1.807, 2.05) is 18.2 Å². The number of hydrogen-bond donors (Lipinski definition) is 1. The molecule has 2 rings (SSSR count). The van der Waals surface area contributed by atoms with Crippen molar-refractivity contribution < 1.29 is 4.79 Å². The molecule has 2 nitrogen and oxygen atoms in total. The van der Waals surface area contributed by atoms with Gasteiger partial charge in [-0.3, -0.25) is 4.79 Å². The van der Waals surface area contributed by atoms with E-state index in [1.54, 1.807) is 6.92 Å². The highest BCUT2D eigenvalue weighted by Crippen LogP contribution is 2.23. The number of carbonyl (C=O) groups is 1. The van der Waals surface area contributed by atoms with Crippen molar-refractivity contribution in [2.24, 2.45) is 0 Å². The lowest BCUT2D eigenvalue weighted by Crippen LogP contribution is -1.93. The van der Waals surface area contributed by atoms with Crippen LogP contribution in [0.15, 0.2) is 24.3 Å². The molecular formula is C13H15NO. The van der Waals surface area contributed by atoms with Gasteiger partial charge in [0.15, 0.2) is 5.78 Å². The molecule has 15 heavy (non-hydrogen) atoms. The highest BCUT2D eigenvalue weighted by molar-refractivity contribution is 6.07. The summed E-state index contributed by atoms with van der Waals surface area (Å²) < 4.78 is 0. The number of ketones is 1. The molecule has 0 spiro atoms. The van der Waals surface area contributed by atoms with Crippen LogP contribution in [0.3, 0.4) is 0 Å². The average Bonchev–Trinajstić information content (AvgIpc) is 2.59. The molecule has 0 saturated carbocycles. The van der Waals surface area contributed by atoms with Gasteiger partial charge in [0.1, 0.15) is 0 Å². The summed E-state index contributed by atoms with van der Waals surface area (Å²) >= 11 is 0.